The average molecular weight is 355 g/mol. The van der Waals surface area contributed by atoms with Crippen LogP contribution in [0.1, 0.15) is 27.2 Å². The van der Waals surface area contributed by atoms with Crippen LogP contribution in [0.5, 0.6) is 0 Å². The smallest absolute Gasteiger partial charge is 0.255 e. The first kappa shape index (κ1) is 16.7. The molecule has 1 N–H and O–H groups in total. The highest BCUT2D eigenvalue weighted by Gasteiger charge is 2.08. The zero-order chi connectivity index (χ0) is 16.9. The van der Waals surface area contributed by atoms with Gasteiger partial charge in [0.05, 0.1) is 0 Å². The van der Waals surface area contributed by atoms with Gasteiger partial charge >= 0.3 is 0 Å². The highest BCUT2D eigenvalue weighted by Crippen LogP contribution is 2.26. The Hall–Kier alpha value is -2.11. The quantitative estimate of drug-likeness (QED) is 0.632. The Balaban J connectivity index is 1.61. The minimum absolute atomic E-state index is 0.0842. The number of thiazole rings is 1. The Morgan fingerprint density at radius 1 is 1.12 bits per heavy atom. The molecule has 0 aliphatic rings. The predicted molar refractivity (Wildman–Crippen MR) is 102 cm³/mol. The summed E-state index contributed by atoms with van der Waals surface area (Å²) in [7, 11) is 0. The summed E-state index contributed by atoms with van der Waals surface area (Å²) in [6, 6.07) is 15.5. The highest BCUT2D eigenvalue weighted by molar-refractivity contribution is 8.00. The summed E-state index contributed by atoms with van der Waals surface area (Å²) in [6.07, 6.45) is 0. The average Bonchev–Trinajstić information content (AvgIpc) is 3.01. The number of thioether (sulfide) groups is 1. The standard InChI is InChI=1S/C19H18N2OS2/c1-13-5-3-4-6-17(13)21-18(22)16-9-7-15(8-10-16)12-24-19-20-14(2)11-23-19/h3-11H,12H2,1-2H3,(H,21,22). The van der Waals surface area contributed by atoms with Crippen LogP contribution >= 0.6 is 23.1 Å². The molecule has 0 bridgehead atoms. The Morgan fingerprint density at radius 2 is 1.88 bits per heavy atom. The van der Waals surface area contributed by atoms with E-state index in [1.54, 1.807) is 23.1 Å². The van der Waals surface area contributed by atoms with Crippen molar-refractivity contribution >= 4 is 34.7 Å². The van der Waals surface area contributed by atoms with E-state index in [0.717, 1.165) is 27.0 Å². The van der Waals surface area contributed by atoms with Gasteiger partial charge in [-0.2, -0.15) is 0 Å². The molecule has 1 aromatic heterocycles. The predicted octanol–water partition coefficient (Wildman–Crippen LogP) is 5.30. The lowest BCUT2D eigenvalue weighted by atomic mass is 10.1. The van der Waals surface area contributed by atoms with E-state index >= 15 is 0 Å². The fourth-order valence-electron chi connectivity index (χ4n) is 2.20. The Kier molecular flexibility index (Phi) is 5.33. The van der Waals surface area contributed by atoms with Gasteiger partial charge in [0.1, 0.15) is 4.34 Å². The molecule has 122 valence electrons. The van der Waals surface area contributed by atoms with Crippen LogP contribution in [0.4, 0.5) is 5.69 Å². The maximum absolute atomic E-state index is 12.3. The topological polar surface area (TPSA) is 42.0 Å². The van der Waals surface area contributed by atoms with Gasteiger partial charge in [0.15, 0.2) is 0 Å². The van der Waals surface area contributed by atoms with Crippen molar-refractivity contribution in [2.24, 2.45) is 0 Å². The fraction of sp³-hybridized carbons (Fsp3) is 0.158. The number of amides is 1. The summed E-state index contributed by atoms with van der Waals surface area (Å²) in [5, 5.41) is 5.01. The summed E-state index contributed by atoms with van der Waals surface area (Å²) >= 11 is 3.39. The lowest BCUT2D eigenvalue weighted by Gasteiger charge is -2.08. The van der Waals surface area contributed by atoms with Gasteiger partial charge in [-0.05, 0) is 43.2 Å². The van der Waals surface area contributed by atoms with Gasteiger partial charge in [0, 0.05) is 28.1 Å². The minimum Gasteiger partial charge on any atom is -0.322 e. The maximum atomic E-state index is 12.3. The van der Waals surface area contributed by atoms with Gasteiger partial charge in [0.2, 0.25) is 0 Å². The Morgan fingerprint density at radius 3 is 2.54 bits per heavy atom. The monoisotopic (exact) mass is 354 g/mol. The van der Waals surface area contributed by atoms with Crippen molar-refractivity contribution in [3.05, 3.63) is 76.3 Å². The van der Waals surface area contributed by atoms with Crippen molar-refractivity contribution in [1.82, 2.24) is 4.98 Å². The van der Waals surface area contributed by atoms with Crippen LogP contribution in [0, 0.1) is 13.8 Å². The molecule has 2 aromatic carbocycles. The van der Waals surface area contributed by atoms with E-state index in [1.165, 1.54) is 5.56 Å². The van der Waals surface area contributed by atoms with E-state index in [4.69, 9.17) is 0 Å². The van der Waals surface area contributed by atoms with Crippen molar-refractivity contribution in [2.75, 3.05) is 5.32 Å². The number of carbonyl (C=O) groups is 1. The molecule has 0 saturated carbocycles. The zero-order valence-electron chi connectivity index (χ0n) is 13.6. The van der Waals surface area contributed by atoms with Crippen molar-refractivity contribution in [3.8, 4) is 0 Å². The molecule has 0 aliphatic heterocycles. The number of benzene rings is 2. The van der Waals surface area contributed by atoms with Crippen LogP contribution in [0.2, 0.25) is 0 Å². The van der Waals surface area contributed by atoms with Gasteiger partial charge in [-0.25, -0.2) is 4.98 Å². The molecule has 1 heterocycles. The van der Waals surface area contributed by atoms with E-state index < -0.39 is 0 Å². The van der Waals surface area contributed by atoms with Crippen LogP contribution in [-0.4, -0.2) is 10.9 Å². The van der Waals surface area contributed by atoms with Crippen LogP contribution in [0.25, 0.3) is 0 Å². The first-order valence-electron chi connectivity index (χ1n) is 7.62. The third-order valence-electron chi connectivity index (χ3n) is 3.57. The second-order valence-corrected chi connectivity index (χ2v) is 7.59. The first-order chi connectivity index (χ1) is 11.6. The molecule has 0 fully saturated rings. The summed E-state index contributed by atoms with van der Waals surface area (Å²) in [5.74, 6) is 0.770. The number of anilines is 1. The molecule has 3 nitrogen and oxygen atoms in total. The number of hydrogen-bond donors (Lipinski definition) is 1. The largest absolute Gasteiger partial charge is 0.322 e. The number of nitrogens with one attached hydrogen (secondary N) is 1. The van der Waals surface area contributed by atoms with E-state index in [9.17, 15) is 4.79 Å². The fourth-order valence-corrected chi connectivity index (χ4v) is 4.01. The molecule has 3 rings (SSSR count). The molecular weight excluding hydrogens is 336 g/mol. The van der Waals surface area contributed by atoms with Crippen molar-refractivity contribution in [1.29, 1.82) is 0 Å². The number of rotatable bonds is 5. The second-order valence-electron chi connectivity index (χ2n) is 5.51. The van der Waals surface area contributed by atoms with Crippen molar-refractivity contribution < 1.29 is 4.79 Å². The number of carbonyl (C=O) groups excluding carboxylic acids is 1. The first-order valence-corrected chi connectivity index (χ1v) is 9.49. The molecule has 0 spiro atoms. The third kappa shape index (κ3) is 4.24. The van der Waals surface area contributed by atoms with Crippen molar-refractivity contribution in [2.45, 2.75) is 23.9 Å². The summed E-state index contributed by atoms with van der Waals surface area (Å²) in [5.41, 5.74) is 4.81. The van der Waals surface area contributed by atoms with E-state index in [2.05, 4.69) is 15.7 Å². The minimum atomic E-state index is -0.0842. The van der Waals surface area contributed by atoms with Crippen LogP contribution in [0.3, 0.4) is 0 Å². The van der Waals surface area contributed by atoms with Crippen LogP contribution in [0.15, 0.2) is 58.3 Å². The van der Waals surface area contributed by atoms with E-state index in [-0.39, 0.29) is 5.91 Å². The number of aryl methyl sites for hydroxylation is 2. The maximum Gasteiger partial charge on any atom is 0.255 e. The zero-order valence-corrected chi connectivity index (χ0v) is 15.2. The Bertz CT molecular complexity index is 841. The normalized spacial score (nSPS) is 10.6. The summed E-state index contributed by atoms with van der Waals surface area (Å²) in [6.45, 7) is 3.98. The SMILES string of the molecule is Cc1csc(SCc2ccc(C(=O)Nc3ccccc3C)cc2)n1. The molecule has 0 saturated heterocycles. The summed E-state index contributed by atoms with van der Waals surface area (Å²) in [4.78, 5) is 16.8. The van der Waals surface area contributed by atoms with Gasteiger partial charge < -0.3 is 5.32 Å². The van der Waals surface area contributed by atoms with Crippen molar-refractivity contribution in [3.63, 3.8) is 0 Å². The lowest BCUT2D eigenvalue weighted by Crippen LogP contribution is -2.12. The number of para-hydroxylation sites is 1. The van der Waals surface area contributed by atoms with Gasteiger partial charge in [-0.3, -0.25) is 4.79 Å². The molecule has 1 amide bonds. The molecule has 0 unspecified atom stereocenters. The molecular formula is C19H18N2OS2. The molecule has 24 heavy (non-hydrogen) atoms. The molecule has 5 heteroatoms. The number of aromatic nitrogens is 1. The molecule has 3 aromatic rings. The lowest BCUT2D eigenvalue weighted by molar-refractivity contribution is 0.102. The Labute approximate surface area is 150 Å². The van der Waals surface area contributed by atoms with E-state index in [0.29, 0.717) is 5.56 Å². The molecule has 0 atom stereocenters. The molecule has 0 radical (unpaired) electrons. The third-order valence-corrected chi connectivity index (χ3v) is 5.78. The van der Waals surface area contributed by atoms with E-state index in [1.807, 2.05) is 62.4 Å². The van der Waals surface area contributed by atoms with Gasteiger partial charge in [0.25, 0.3) is 5.91 Å². The summed E-state index contributed by atoms with van der Waals surface area (Å²) < 4.78 is 1.08. The number of nitrogens with zero attached hydrogens (tertiary/aromatic N) is 1. The van der Waals surface area contributed by atoms with Gasteiger partial charge in [-0.1, -0.05) is 42.1 Å². The highest BCUT2D eigenvalue weighted by atomic mass is 32.2. The number of hydrogen-bond acceptors (Lipinski definition) is 4. The van der Waals surface area contributed by atoms with Gasteiger partial charge in [-0.15, -0.1) is 11.3 Å². The second kappa shape index (κ2) is 7.64. The van der Waals surface area contributed by atoms with Crippen LogP contribution in [-0.2, 0) is 5.75 Å². The van der Waals surface area contributed by atoms with Crippen LogP contribution < -0.4 is 5.32 Å². The molecule has 0 aliphatic carbocycles.